The average Bonchev–Trinajstić information content (AvgIpc) is 0. The Morgan fingerprint density at radius 2 is 1.17 bits per heavy atom. The molecule has 0 N–H and O–H groups in total. The van der Waals surface area contributed by atoms with Crippen LogP contribution in [-0.2, 0) is 25.8 Å². The number of hydrogen-bond acceptors (Lipinski definition) is 0. The van der Waals surface area contributed by atoms with Gasteiger partial charge in [0, 0.05) is 61.4 Å². The van der Waals surface area contributed by atoms with Crippen molar-refractivity contribution in [1.82, 2.24) is 0 Å². The van der Waals surface area contributed by atoms with Crippen LogP contribution in [0.2, 0.25) is 0 Å². The molecule has 0 aromatic heterocycles. The van der Waals surface area contributed by atoms with Crippen LogP contribution >= 0.6 is 0 Å². The Morgan fingerprint density at radius 1 is 1.17 bits per heavy atom. The van der Waals surface area contributed by atoms with Gasteiger partial charge in [-0.15, -0.1) is 0 Å². The monoisotopic (exact) mass is 531 g/mol. The Kier molecular flexibility index (Phi) is 233. The van der Waals surface area contributed by atoms with Crippen LogP contribution in [0.5, 0.6) is 0 Å². The molecule has 0 rings (SSSR count). The summed E-state index contributed by atoms with van der Waals surface area (Å²) in [7, 11) is 0. The molecular formula is H5AlBaFHfLaNa. The quantitative estimate of drug-likeness (QED) is 0.274. The minimum Gasteiger partial charge on any atom is -1.00 e. The summed E-state index contributed by atoms with van der Waals surface area (Å²) in [5, 5.41) is 0. The van der Waals surface area contributed by atoms with Crippen LogP contribution in [0.1, 0.15) is 2.85 Å². The van der Waals surface area contributed by atoms with Crippen LogP contribution in [0.15, 0.2) is 0 Å². The summed E-state index contributed by atoms with van der Waals surface area (Å²) < 4.78 is 0. The van der Waals surface area contributed by atoms with Crippen molar-refractivity contribution in [3.8, 4) is 0 Å². The first-order chi connectivity index (χ1) is 0. The first-order valence-corrected chi connectivity index (χ1v) is 0. The van der Waals surface area contributed by atoms with Gasteiger partial charge in [0.25, 0.3) is 0 Å². The van der Waals surface area contributed by atoms with Gasteiger partial charge in [0.15, 0.2) is 17.4 Å². The summed E-state index contributed by atoms with van der Waals surface area (Å²) in [5.74, 6) is 0. The summed E-state index contributed by atoms with van der Waals surface area (Å²) >= 11 is 0. The smallest absolute Gasteiger partial charge is 1.00 e. The van der Waals surface area contributed by atoms with Crippen molar-refractivity contribution in [2.45, 2.75) is 0 Å². The van der Waals surface area contributed by atoms with Crippen LogP contribution in [0, 0.1) is 35.6 Å². The van der Waals surface area contributed by atoms with E-state index in [9.17, 15) is 0 Å². The summed E-state index contributed by atoms with van der Waals surface area (Å²) in [6, 6.07) is 0. The molecule has 25 valence electrons. The van der Waals surface area contributed by atoms with Gasteiger partial charge in [0.1, 0.15) is 0 Å². The van der Waals surface area contributed by atoms with Crippen molar-refractivity contribution in [1.29, 1.82) is 0 Å². The minimum absolute atomic E-state index is 0. The Balaban J connectivity index is 0. The van der Waals surface area contributed by atoms with E-state index in [0.717, 1.165) is 0 Å². The first kappa shape index (κ1) is 43.5. The number of rotatable bonds is 0. The molecule has 0 aliphatic heterocycles. The summed E-state index contributed by atoms with van der Waals surface area (Å²) in [6.45, 7) is 0. The zero-order chi connectivity index (χ0) is 0. The second-order valence-corrected chi connectivity index (χ2v) is 0. The van der Waals surface area contributed by atoms with E-state index in [1.807, 2.05) is 0 Å². The second kappa shape index (κ2) is 32.2. The topological polar surface area (TPSA) is 0 Å². The van der Waals surface area contributed by atoms with Gasteiger partial charge in [-0.25, -0.2) is 0 Å². The molecule has 0 bridgehead atoms. The molecule has 6 heavy (non-hydrogen) atoms. The Morgan fingerprint density at radius 3 is 1.17 bits per heavy atom. The minimum atomic E-state index is 0. The largest absolute Gasteiger partial charge is 2.00 e. The van der Waals surface area contributed by atoms with E-state index in [0.29, 0.717) is 0 Å². The molecule has 0 fully saturated rings. The van der Waals surface area contributed by atoms with Crippen molar-refractivity contribution >= 4 is 66.2 Å². The molecule has 0 nitrogen and oxygen atoms in total. The Bertz CT molecular complexity index is 22.0. The van der Waals surface area contributed by atoms with Crippen molar-refractivity contribution < 1.29 is 98.6 Å². The van der Waals surface area contributed by atoms with Crippen LogP contribution in [0.3, 0.4) is 0 Å². The molecular weight excluding hydrogens is 524 g/mol. The summed E-state index contributed by atoms with van der Waals surface area (Å²) in [5.41, 5.74) is 0. The summed E-state index contributed by atoms with van der Waals surface area (Å²) in [6.07, 6.45) is 0. The Labute approximate surface area is 160 Å². The fraction of sp³-hybridized carbons (Fsp3) is 0. The van der Waals surface area contributed by atoms with Crippen molar-refractivity contribution in [3.63, 3.8) is 0 Å². The zero-order valence-corrected chi connectivity index (χ0v) is 16.8. The predicted molar refractivity (Wildman–Crippen MR) is 17.9 cm³/mol. The van der Waals surface area contributed by atoms with Gasteiger partial charge in [-0.3, -0.25) is 0 Å². The van der Waals surface area contributed by atoms with E-state index in [4.69, 9.17) is 0 Å². The van der Waals surface area contributed by atoms with Gasteiger partial charge in [0.2, 0.25) is 0 Å². The maximum Gasteiger partial charge on any atom is 2.00 e. The maximum atomic E-state index is 0. The normalized spacial score (nSPS) is 0. The average molecular weight is 529 g/mol. The molecule has 0 heterocycles. The van der Waals surface area contributed by atoms with Gasteiger partial charge in [-0.2, -0.15) is 0 Å². The standard InChI is InChI=1S/Al.Ba.FH.Hf.La.Na.5H/h;;1H;;;;;;;;/q;+2;;;;+1;;;;2*-1/p-1. The van der Waals surface area contributed by atoms with Crippen molar-refractivity contribution in [2.75, 3.05) is 0 Å². The molecule has 0 amide bonds. The number of hydrogen-bond donors (Lipinski definition) is 0. The molecule has 0 aromatic rings. The molecule has 0 saturated carbocycles. The number of halogens is 1. The molecule has 0 aromatic carbocycles. The van der Waals surface area contributed by atoms with E-state index in [2.05, 4.69) is 0 Å². The van der Waals surface area contributed by atoms with Crippen LogP contribution in [0.25, 0.3) is 0 Å². The molecule has 0 unspecified atom stereocenters. The molecule has 6 heteroatoms. The Hall–Kier alpha value is 5.10. The van der Waals surface area contributed by atoms with Crippen molar-refractivity contribution in [3.05, 3.63) is 0 Å². The van der Waals surface area contributed by atoms with Gasteiger partial charge < -0.3 is 7.56 Å². The van der Waals surface area contributed by atoms with E-state index in [-0.39, 0.29) is 165 Å². The predicted octanol–water partition coefficient (Wildman–Crippen LogP) is -7.33. The third-order valence-corrected chi connectivity index (χ3v) is 0. The van der Waals surface area contributed by atoms with Crippen LogP contribution in [0.4, 0.5) is 0 Å². The molecule has 0 atom stereocenters. The first-order valence-electron chi connectivity index (χ1n) is 0. The van der Waals surface area contributed by atoms with Gasteiger partial charge in [0.05, 0.1) is 0 Å². The van der Waals surface area contributed by atoms with E-state index < -0.39 is 0 Å². The van der Waals surface area contributed by atoms with E-state index in [1.54, 1.807) is 0 Å². The maximum absolute atomic E-state index is 0. The van der Waals surface area contributed by atoms with Gasteiger partial charge in [-0.05, 0) is 0 Å². The molecule has 0 aliphatic rings. The van der Waals surface area contributed by atoms with Crippen LogP contribution < -0.4 is 34.3 Å². The van der Waals surface area contributed by atoms with Crippen molar-refractivity contribution in [2.24, 2.45) is 0 Å². The van der Waals surface area contributed by atoms with E-state index >= 15 is 0 Å². The van der Waals surface area contributed by atoms with Gasteiger partial charge in [-0.1, -0.05) is 0 Å². The molecule has 0 aliphatic carbocycles. The van der Waals surface area contributed by atoms with E-state index in [1.165, 1.54) is 0 Å². The van der Waals surface area contributed by atoms with Crippen LogP contribution in [-0.4, -0.2) is 66.2 Å². The fourth-order valence-electron chi connectivity index (χ4n) is 0. The molecule has 1 radical (unpaired) electrons. The third-order valence-electron chi connectivity index (χ3n) is 0. The fourth-order valence-corrected chi connectivity index (χ4v) is 0. The zero-order valence-electron chi connectivity index (χ0n) is 5.16. The second-order valence-electron chi connectivity index (χ2n) is 0. The van der Waals surface area contributed by atoms with Gasteiger partial charge >= 0.3 is 78.4 Å². The third kappa shape index (κ3) is 23.0. The summed E-state index contributed by atoms with van der Waals surface area (Å²) in [4.78, 5) is 0. The molecule has 0 saturated heterocycles. The SMILES string of the molecule is [AlH3].[Ba+2].[F-].[H-].[H-].[Hf].[La].[Na+]. The molecule has 0 spiro atoms.